The molecular weight excluding hydrogens is 180 g/mol. The van der Waals surface area contributed by atoms with Crippen LogP contribution in [0.4, 0.5) is 4.79 Å². The second-order valence-electron chi connectivity index (χ2n) is 3.82. The molecule has 1 aliphatic carbocycles. The number of nitrogens with zero attached hydrogens (tertiary/aromatic N) is 1. The highest BCUT2D eigenvalue weighted by Crippen LogP contribution is 2.21. The Balaban J connectivity index is 2.30. The topological polar surface area (TPSA) is 41.6 Å². The van der Waals surface area contributed by atoms with Gasteiger partial charge < -0.3 is 15.0 Å². The van der Waals surface area contributed by atoms with Gasteiger partial charge >= 0.3 is 6.03 Å². The van der Waals surface area contributed by atoms with E-state index in [0.717, 1.165) is 12.8 Å². The molecule has 0 heterocycles. The number of hydrogen-bond acceptors (Lipinski definition) is 2. The van der Waals surface area contributed by atoms with Gasteiger partial charge in [-0.3, -0.25) is 0 Å². The van der Waals surface area contributed by atoms with Crippen LogP contribution in [0.1, 0.15) is 32.1 Å². The summed E-state index contributed by atoms with van der Waals surface area (Å²) in [5.74, 6) is 0. The quantitative estimate of drug-likeness (QED) is 0.702. The molecule has 0 aromatic rings. The SMILES string of the molecule is COCNC(=O)N(C)C1CCCCC1. The molecule has 0 atom stereocenters. The first kappa shape index (κ1) is 11.3. The van der Waals surface area contributed by atoms with Crippen LogP contribution in [0.3, 0.4) is 0 Å². The van der Waals surface area contributed by atoms with Crippen LogP contribution in [0, 0.1) is 0 Å². The zero-order valence-electron chi connectivity index (χ0n) is 9.08. The summed E-state index contributed by atoms with van der Waals surface area (Å²) >= 11 is 0. The summed E-state index contributed by atoms with van der Waals surface area (Å²) in [6, 6.07) is 0.388. The first-order valence-electron chi connectivity index (χ1n) is 5.25. The molecule has 2 amide bonds. The first-order chi connectivity index (χ1) is 6.75. The normalized spacial score (nSPS) is 17.9. The van der Waals surface area contributed by atoms with Crippen LogP contribution in [0.2, 0.25) is 0 Å². The maximum Gasteiger partial charge on any atom is 0.319 e. The van der Waals surface area contributed by atoms with Crippen molar-refractivity contribution in [2.24, 2.45) is 0 Å². The van der Waals surface area contributed by atoms with Crippen molar-refractivity contribution in [3.05, 3.63) is 0 Å². The fourth-order valence-corrected chi connectivity index (χ4v) is 1.89. The van der Waals surface area contributed by atoms with Gasteiger partial charge in [0, 0.05) is 20.2 Å². The third kappa shape index (κ3) is 3.18. The Hall–Kier alpha value is -0.770. The molecule has 0 bridgehead atoms. The molecule has 0 radical (unpaired) electrons. The summed E-state index contributed by atoms with van der Waals surface area (Å²) in [5.41, 5.74) is 0. The van der Waals surface area contributed by atoms with Crippen LogP contribution in [-0.4, -0.2) is 37.9 Å². The van der Waals surface area contributed by atoms with Crippen molar-refractivity contribution in [2.75, 3.05) is 20.9 Å². The minimum absolute atomic E-state index is 0.0289. The van der Waals surface area contributed by atoms with Crippen LogP contribution in [0.25, 0.3) is 0 Å². The molecule has 4 nitrogen and oxygen atoms in total. The van der Waals surface area contributed by atoms with Crippen molar-refractivity contribution in [1.82, 2.24) is 10.2 Å². The Kier molecular flexibility index (Phi) is 4.73. The highest BCUT2D eigenvalue weighted by Gasteiger charge is 2.21. The van der Waals surface area contributed by atoms with Crippen LogP contribution in [0.5, 0.6) is 0 Å². The molecule has 0 aromatic heterocycles. The van der Waals surface area contributed by atoms with Gasteiger partial charge in [-0.1, -0.05) is 19.3 Å². The Labute approximate surface area is 85.6 Å². The second-order valence-corrected chi connectivity index (χ2v) is 3.82. The lowest BCUT2D eigenvalue weighted by Gasteiger charge is -2.31. The summed E-state index contributed by atoms with van der Waals surface area (Å²) in [6.45, 7) is 0.288. The van der Waals surface area contributed by atoms with Gasteiger partial charge in [-0.05, 0) is 12.8 Å². The van der Waals surface area contributed by atoms with Crippen LogP contribution >= 0.6 is 0 Å². The van der Waals surface area contributed by atoms with E-state index in [2.05, 4.69) is 5.32 Å². The molecule has 0 spiro atoms. The van der Waals surface area contributed by atoms with Gasteiger partial charge in [0.15, 0.2) is 0 Å². The molecule has 1 N–H and O–H groups in total. The number of urea groups is 1. The predicted octanol–water partition coefficient (Wildman–Crippen LogP) is 1.56. The number of carbonyl (C=O) groups excluding carboxylic acids is 1. The van der Waals surface area contributed by atoms with Gasteiger partial charge in [0.05, 0.1) is 0 Å². The minimum Gasteiger partial charge on any atom is -0.364 e. The fourth-order valence-electron chi connectivity index (χ4n) is 1.89. The monoisotopic (exact) mass is 200 g/mol. The van der Waals surface area contributed by atoms with Gasteiger partial charge in [0.1, 0.15) is 6.73 Å². The van der Waals surface area contributed by atoms with Crippen molar-refractivity contribution in [3.8, 4) is 0 Å². The first-order valence-corrected chi connectivity index (χ1v) is 5.25. The van der Waals surface area contributed by atoms with E-state index in [1.165, 1.54) is 19.3 Å². The molecule has 0 aliphatic heterocycles. The molecule has 1 fully saturated rings. The van der Waals surface area contributed by atoms with Gasteiger partial charge in [-0.25, -0.2) is 4.79 Å². The van der Waals surface area contributed by atoms with Crippen LogP contribution < -0.4 is 5.32 Å². The van der Waals surface area contributed by atoms with Gasteiger partial charge in [0.25, 0.3) is 0 Å². The Morgan fingerprint density at radius 1 is 1.43 bits per heavy atom. The molecule has 82 valence electrons. The Bertz CT molecular complexity index is 179. The Morgan fingerprint density at radius 3 is 2.64 bits per heavy atom. The zero-order valence-corrected chi connectivity index (χ0v) is 9.08. The van der Waals surface area contributed by atoms with Crippen molar-refractivity contribution in [2.45, 2.75) is 38.1 Å². The standard InChI is InChI=1S/C10H20N2O2/c1-12(10(13)11-8-14-2)9-6-4-3-5-7-9/h9H,3-8H2,1-2H3,(H,11,13). The molecule has 14 heavy (non-hydrogen) atoms. The van der Waals surface area contributed by atoms with Crippen LogP contribution in [-0.2, 0) is 4.74 Å². The minimum atomic E-state index is -0.0289. The molecule has 0 aromatic carbocycles. The molecule has 1 aliphatic rings. The lowest BCUT2D eigenvalue weighted by Crippen LogP contribution is -2.44. The fraction of sp³-hybridized carbons (Fsp3) is 0.900. The van der Waals surface area contributed by atoms with E-state index in [1.807, 2.05) is 7.05 Å². The maximum absolute atomic E-state index is 11.5. The lowest BCUT2D eigenvalue weighted by atomic mass is 9.95. The number of nitrogens with one attached hydrogen (secondary N) is 1. The highest BCUT2D eigenvalue weighted by molar-refractivity contribution is 5.74. The van der Waals surface area contributed by atoms with E-state index in [0.29, 0.717) is 6.04 Å². The maximum atomic E-state index is 11.5. The summed E-state index contributed by atoms with van der Waals surface area (Å²) in [5, 5.41) is 2.69. The summed E-state index contributed by atoms with van der Waals surface area (Å²) in [4.78, 5) is 13.3. The lowest BCUT2D eigenvalue weighted by molar-refractivity contribution is 0.142. The highest BCUT2D eigenvalue weighted by atomic mass is 16.5. The Morgan fingerprint density at radius 2 is 2.07 bits per heavy atom. The van der Waals surface area contributed by atoms with Gasteiger partial charge in [-0.15, -0.1) is 0 Å². The van der Waals surface area contributed by atoms with Crippen molar-refractivity contribution < 1.29 is 9.53 Å². The number of hydrogen-bond donors (Lipinski definition) is 1. The van der Waals surface area contributed by atoms with E-state index in [9.17, 15) is 4.79 Å². The average molecular weight is 200 g/mol. The van der Waals surface area contributed by atoms with Gasteiger partial charge in [0.2, 0.25) is 0 Å². The average Bonchev–Trinajstić information content (AvgIpc) is 2.26. The molecule has 0 saturated heterocycles. The summed E-state index contributed by atoms with van der Waals surface area (Å²) in [7, 11) is 3.43. The number of methoxy groups -OCH3 is 1. The van der Waals surface area contributed by atoms with Gasteiger partial charge in [-0.2, -0.15) is 0 Å². The molecular formula is C10H20N2O2. The number of ether oxygens (including phenoxy) is 1. The summed E-state index contributed by atoms with van der Waals surface area (Å²) in [6.07, 6.45) is 6.07. The smallest absolute Gasteiger partial charge is 0.319 e. The van der Waals surface area contributed by atoms with Crippen LogP contribution in [0.15, 0.2) is 0 Å². The second kappa shape index (κ2) is 5.86. The predicted molar refractivity (Wildman–Crippen MR) is 55.0 cm³/mol. The van der Waals surface area contributed by atoms with E-state index in [-0.39, 0.29) is 12.8 Å². The van der Waals surface area contributed by atoms with E-state index in [1.54, 1.807) is 12.0 Å². The number of carbonyl (C=O) groups is 1. The van der Waals surface area contributed by atoms with E-state index in [4.69, 9.17) is 4.74 Å². The van der Waals surface area contributed by atoms with E-state index < -0.39 is 0 Å². The van der Waals surface area contributed by atoms with Crippen molar-refractivity contribution in [3.63, 3.8) is 0 Å². The third-order valence-corrected chi connectivity index (χ3v) is 2.81. The number of amides is 2. The largest absolute Gasteiger partial charge is 0.364 e. The molecule has 1 rings (SSSR count). The third-order valence-electron chi connectivity index (χ3n) is 2.81. The summed E-state index contributed by atoms with van der Waals surface area (Å²) < 4.78 is 4.79. The molecule has 0 unspecified atom stereocenters. The van der Waals surface area contributed by atoms with Crippen molar-refractivity contribution in [1.29, 1.82) is 0 Å². The van der Waals surface area contributed by atoms with Crippen molar-refractivity contribution >= 4 is 6.03 Å². The zero-order chi connectivity index (χ0) is 10.4. The number of rotatable bonds is 3. The van der Waals surface area contributed by atoms with E-state index >= 15 is 0 Å². The molecule has 1 saturated carbocycles. The molecule has 4 heteroatoms.